The largest absolute Gasteiger partial charge is 0.0776 e. The van der Waals surface area contributed by atoms with Crippen molar-refractivity contribution in [2.45, 2.75) is 293 Å². The summed E-state index contributed by atoms with van der Waals surface area (Å²) in [5.74, 6) is 2.01. The van der Waals surface area contributed by atoms with E-state index in [1.165, 1.54) is 120 Å². The Morgan fingerprint density at radius 1 is 0.348 bits per heavy atom. The lowest BCUT2D eigenvalue weighted by Crippen LogP contribution is -2.12. The lowest BCUT2D eigenvalue weighted by atomic mass is 9.82. The first-order chi connectivity index (χ1) is 25.8. The zero-order valence-corrected chi connectivity index (χ0v) is 39.8. The molecule has 0 bridgehead atoms. The minimum absolute atomic E-state index is 0. The summed E-state index contributed by atoms with van der Waals surface area (Å²) in [6.07, 6.45) is 14.0. The van der Waals surface area contributed by atoms with Gasteiger partial charge in [0.05, 0.1) is 0 Å². The molecular weight excluding hydrogens is 829 g/mol. The first-order valence-corrected chi connectivity index (χ1v) is 22.0. The number of unbranched alkanes of at least 4 members (excludes halogenated alkanes) is 3. The lowest BCUT2D eigenvalue weighted by Gasteiger charge is -2.24. The van der Waals surface area contributed by atoms with E-state index in [0.717, 1.165) is 11.8 Å². The average molecular weight is 976 g/mol. The minimum Gasteiger partial charge on any atom is -0.0776 e. The lowest BCUT2D eigenvalue weighted by molar-refractivity contribution is 0.277. The van der Waals surface area contributed by atoms with E-state index in [4.69, 9.17) is 0 Å². The van der Waals surface area contributed by atoms with Crippen LogP contribution in [0.1, 0.15) is 279 Å². The van der Waals surface area contributed by atoms with Gasteiger partial charge in [0.2, 0.25) is 0 Å². The normalized spacial score (nSPS) is 11.3. The van der Waals surface area contributed by atoms with Gasteiger partial charge in [0.25, 0.3) is 0 Å². The summed E-state index contributed by atoms with van der Waals surface area (Å²) in [4.78, 5) is 0. The van der Waals surface area contributed by atoms with Crippen molar-refractivity contribution >= 4 is 0 Å². The molecule has 0 heterocycles. The van der Waals surface area contributed by atoms with Crippen LogP contribution in [0.5, 0.6) is 0 Å². The predicted molar refractivity (Wildman–Crippen MR) is 348 cm³/mol. The van der Waals surface area contributed by atoms with Gasteiger partial charge in [-0.25, -0.2) is 0 Å². The van der Waals surface area contributed by atoms with Crippen molar-refractivity contribution in [1.29, 1.82) is 0 Å². The van der Waals surface area contributed by atoms with E-state index < -0.39 is 0 Å². The zero-order valence-electron chi connectivity index (χ0n) is 39.8. The highest BCUT2D eigenvalue weighted by Crippen LogP contribution is 2.28. The Morgan fingerprint density at radius 3 is 0.768 bits per heavy atom. The van der Waals surface area contributed by atoms with E-state index in [2.05, 4.69) is 210 Å². The molecule has 1 saturated carbocycles. The predicted octanol–water partition coefficient (Wildman–Crippen LogP) is 27.0. The van der Waals surface area contributed by atoms with Crippen molar-refractivity contribution in [1.82, 2.24) is 0 Å². The average Bonchev–Trinajstić information content (AvgIpc) is 3.15. The van der Waals surface area contributed by atoms with Crippen LogP contribution in [0.15, 0.2) is 84.9 Å². The van der Waals surface area contributed by atoms with Crippen LogP contribution in [0.25, 0.3) is 0 Å². The fourth-order valence-corrected chi connectivity index (χ4v) is 5.46. The van der Waals surface area contributed by atoms with Crippen LogP contribution in [-0.2, 0) is 0 Å². The third kappa shape index (κ3) is 62.9. The van der Waals surface area contributed by atoms with Gasteiger partial charge in [-0.2, -0.15) is 0 Å². The molecule has 69 heavy (non-hydrogen) atoms. The van der Waals surface area contributed by atoms with Gasteiger partial charge in [-0.05, 0) is 120 Å². The van der Waals surface area contributed by atoms with Crippen LogP contribution in [0, 0.1) is 86.5 Å². The van der Waals surface area contributed by atoms with Crippen molar-refractivity contribution in [3.8, 4) is 0 Å². The van der Waals surface area contributed by atoms with Crippen LogP contribution >= 0.6 is 0 Å². The van der Waals surface area contributed by atoms with E-state index in [0.29, 0.717) is 5.41 Å². The van der Waals surface area contributed by atoms with Crippen molar-refractivity contribution in [2.24, 2.45) is 17.3 Å². The van der Waals surface area contributed by atoms with Crippen molar-refractivity contribution < 1.29 is 0 Å². The maximum atomic E-state index is 2.38. The third-order valence-corrected chi connectivity index (χ3v) is 11.3. The Bertz CT molecular complexity index is 1360. The van der Waals surface area contributed by atoms with E-state index in [1.54, 1.807) is 0 Å². The van der Waals surface area contributed by atoms with Crippen LogP contribution in [-0.4, -0.2) is 0 Å². The third-order valence-electron chi connectivity index (χ3n) is 11.3. The Kier molecular flexibility index (Phi) is 108. The minimum atomic E-state index is 0. The molecule has 4 aromatic rings. The van der Waals surface area contributed by atoms with Gasteiger partial charge in [-0.1, -0.05) is 331 Å². The Labute approximate surface area is 448 Å². The van der Waals surface area contributed by atoms with Crippen molar-refractivity contribution in [3.63, 3.8) is 0 Å². The number of hydrogen-bond donors (Lipinski definition) is 0. The number of benzene rings is 4. The fourth-order valence-electron chi connectivity index (χ4n) is 5.46. The molecule has 0 saturated heterocycles. The van der Waals surface area contributed by atoms with Gasteiger partial charge in [0.15, 0.2) is 0 Å². The summed E-state index contributed by atoms with van der Waals surface area (Å²) in [6, 6.07) is 29.8. The molecule has 0 aliphatic heterocycles. The summed E-state index contributed by atoms with van der Waals surface area (Å²) in [5, 5.41) is 0. The maximum absolute atomic E-state index is 2.38. The molecule has 1 aliphatic carbocycles. The van der Waals surface area contributed by atoms with Gasteiger partial charge >= 0.3 is 0 Å². The first kappa shape index (κ1) is 111. The Balaban J connectivity index is -0.0000000329. The molecule has 0 aromatic heterocycles. The van der Waals surface area contributed by atoms with Crippen molar-refractivity contribution in [3.05, 3.63) is 141 Å². The highest BCUT2D eigenvalue weighted by Gasteiger charge is 2.15. The SMILES string of the molecule is C.C.C.C.C.C.C.C.C.C.C.C.C.C.CC1CCCCC1C.CCC(C)(C)CC.CCCCCC.Cc1cc(C)c(C)cc1C.Cc1ccc(C)cc1.Cc1cccc(C)c1.Cc1ccccc1C. The van der Waals surface area contributed by atoms with Crippen LogP contribution < -0.4 is 0 Å². The summed E-state index contributed by atoms with van der Waals surface area (Å²) in [5.41, 5.74) is 14.2. The molecule has 0 nitrogen and oxygen atoms in total. The smallest absolute Gasteiger partial charge is 0.0359 e. The highest BCUT2D eigenvalue weighted by atomic mass is 14.2. The van der Waals surface area contributed by atoms with Crippen molar-refractivity contribution in [2.75, 3.05) is 0 Å². The first-order valence-electron chi connectivity index (χ1n) is 22.0. The quantitative estimate of drug-likeness (QED) is 0.175. The van der Waals surface area contributed by atoms with Gasteiger partial charge in [0.1, 0.15) is 0 Å². The molecule has 422 valence electrons. The second-order valence-electron chi connectivity index (χ2n) is 17.2. The molecule has 1 aliphatic rings. The molecule has 2 unspecified atom stereocenters. The second-order valence-corrected chi connectivity index (χ2v) is 17.2. The van der Waals surface area contributed by atoms with E-state index >= 15 is 0 Å². The monoisotopic (exact) mass is 975 g/mol. The molecular formula is C69H146. The standard InChI is InChI=1S/C10H14.2C8H10.C8H16.C8H10.C7H16.C6H14.14CH4/c1-7-5-9(3)10(4)6-8(7)2;1-7-3-5-8(2)6-4-7;1-7-4-3-5-8(2)6-7;2*1-7-5-3-4-6-8(7)2;1-5-7(3,4)6-2;1-3-5-6-4-2;;;;;;;;;;;;;;/h5-6H,1-4H3;2*3-6H,1-2H3;7-8H,3-6H2,1-2H3;3-6H,1-2H3;5-6H2,1-4H3;3-6H2,1-2H3;14*1H4. The van der Waals surface area contributed by atoms with Crippen LogP contribution in [0.2, 0.25) is 0 Å². The molecule has 0 N–H and O–H groups in total. The van der Waals surface area contributed by atoms with Gasteiger partial charge in [-0.15, -0.1) is 0 Å². The Morgan fingerprint density at radius 2 is 0.609 bits per heavy atom. The van der Waals surface area contributed by atoms with E-state index in [-0.39, 0.29) is 104 Å². The molecule has 0 amide bonds. The molecule has 5 rings (SSSR count). The number of rotatable bonds is 5. The Hall–Kier alpha value is -3.12. The van der Waals surface area contributed by atoms with E-state index in [1.807, 2.05) is 0 Å². The molecule has 4 aromatic carbocycles. The fraction of sp³-hybridized carbons (Fsp3) is 0.652. The van der Waals surface area contributed by atoms with Crippen LogP contribution in [0.3, 0.4) is 0 Å². The summed E-state index contributed by atoms with van der Waals surface area (Å²) >= 11 is 0. The van der Waals surface area contributed by atoms with E-state index in [9.17, 15) is 0 Å². The molecule has 1 fully saturated rings. The maximum Gasteiger partial charge on any atom is -0.0359 e. The topological polar surface area (TPSA) is 0 Å². The molecule has 2 atom stereocenters. The molecule has 0 radical (unpaired) electrons. The summed E-state index contributed by atoms with van der Waals surface area (Å²) in [6.45, 7) is 39.6. The molecule has 0 heteroatoms. The number of hydrogen-bond acceptors (Lipinski definition) is 0. The molecule has 0 spiro atoms. The van der Waals surface area contributed by atoms with Crippen LogP contribution in [0.4, 0.5) is 0 Å². The zero-order chi connectivity index (χ0) is 42.4. The van der Waals surface area contributed by atoms with Gasteiger partial charge in [0, 0.05) is 0 Å². The number of aryl methyl sites for hydroxylation is 10. The van der Waals surface area contributed by atoms with Gasteiger partial charge < -0.3 is 0 Å². The second kappa shape index (κ2) is 67.0. The van der Waals surface area contributed by atoms with Gasteiger partial charge in [-0.3, -0.25) is 0 Å². The highest BCUT2D eigenvalue weighted by molar-refractivity contribution is 5.35. The summed E-state index contributed by atoms with van der Waals surface area (Å²) in [7, 11) is 0. The summed E-state index contributed by atoms with van der Waals surface area (Å²) < 4.78 is 0.